The Morgan fingerprint density at radius 3 is 2.36 bits per heavy atom. The number of halogens is 3. The smallest absolute Gasteiger partial charge is 0.302 e. The number of aldehydes is 1. The lowest BCUT2D eigenvalue weighted by Gasteiger charge is -2.03. The molecule has 1 aromatic heterocycles. The molecule has 0 bridgehead atoms. The van der Waals surface area contributed by atoms with Gasteiger partial charge < -0.3 is 4.79 Å². The Bertz CT molecular complexity index is 362. The van der Waals surface area contributed by atoms with Crippen molar-refractivity contribution in [2.75, 3.05) is 0 Å². The number of carbonyl (C=O) groups excluding carboxylic acids is 1. The summed E-state index contributed by atoms with van der Waals surface area (Å²) in [6.07, 6.45) is -2.18. The maximum absolute atomic E-state index is 12.2. The van der Waals surface area contributed by atoms with Crippen LogP contribution in [-0.4, -0.2) is 6.29 Å². The monoisotopic (exact) mass is 220 g/mol. The van der Waals surface area contributed by atoms with Gasteiger partial charge in [-0.3, -0.25) is 0 Å². The Labute approximate surface area is 82.5 Å². The first-order chi connectivity index (χ1) is 6.48. The maximum Gasteiger partial charge on any atom is 0.425 e. The van der Waals surface area contributed by atoms with Crippen LogP contribution >= 0.6 is 11.3 Å². The lowest BCUT2D eigenvalue weighted by molar-refractivity contribution is -0.134. The van der Waals surface area contributed by atoms with Gasteiger partial charge in [0.2, 0.25) is 0 Å². The van der Waals surface area contributed by atoms with Gasteiger partial charge in [0.1, 0.15) is 11.2 Å². The van der Waals surface area contributed by atoms with Crippen molar-refractivity contribution in [1.29, 1.82) is 0 Å². The van der Waals surface area contributed by atoms with Crippen LogP contribution in [-0.2, 0) is 16.4 Å². The van der Waals surface area contributed by atoms with Gasteiger partial charge in [-0.1, -0.05) is 0 Å². The molecule has 0 spiro atoms. The normalized spacial score (nSPS) is 19.4. The van der Waals surface area contributed by atoms with E-state index in [1.54, 1.807) is 0 Å². The minimum absolute atomic E-state index is 0.542. The lowest BCUT2D eigenvalue weighted by atomic mass is 10.1. The Morgan fingerprint density at radius 1 is 1.36 bits per heavy atom. The molecule has 1 aromatic rings. The molecule has 14 heavy (non-hydrogen) atoms. The van der Waals surface area contributed by atoms with Crippen molar-refractivity contribution in [3.8, 4) is 0 Å². The number of rotatable bonds is 2. The highest BCUT2D eigenvalue weighted by Gasteiger charge is 2.46. The van der Waals surface area contributed by atoms with Crippen LogP contribution in [0, 0.1) is 0 Å². The van der Waals surface area contributed by atoms with E-state index < -0.39 is 16.5 Å². The molecular formula is C9H7F3OS. The third-order valence-electron chi connectivity index (χ3n) is 2.39. The largest absolute Gasteiger partial charge is 0.425 e. The summed E-state index contributed by atoms with van der Waals surface area (Å²) in [5, 5.41) is 0. The van der Waals surface area contributed by atoms with E-state index in [4.69, 9.17) is 0 Å². The highest BCUT2D eigenvalue weighted by atomic mass is 32.1. The van der Waals surface area contributed by atoms with Crippen LogP contribution in [0.3, 0.4) is 0 Å². The molecule has 1 nitrogen and oxygen atoms in total. The molecule has 0 N–H and O–H groups in total. The van der Waals surface area contributed by atoms with E-state index >= 15 is 0 Å². The first-order valence-electron chi connectivity index (χ1n) is 4.12. The first kappa shape index (κ1) is 9.71. The fourth-order valence-corrected chi connectivity index (χ4v) is 2.40. The Kier molecular flexibility index (Phi) is 1.96. The van der Waals surface area contributed by atoms with Gasteiger partial charge in [0.15, 0.2) is 0 Å². The molecule has 2 rings (SSSR count). The summed E-state index contributed by atoms with van der Waals surface area (Å²) < 4.78 is 36.7. The van der Waals surface area contributed by atoms with Crippen molar-refractivity contribution in [2.45, 2.75) is 24.4 Å². The van der Waals surface area contributed by atoms with Crippen molar-refractivity contribution < 1.29 is 18.0 Å². The minimum Gasteiger partial charge on any atom is -0.302 e. The van der Waals surface area contributed by atoms with E-state index in [9.17, 15) is 18.0 Å². The molecule has 1 heterocycles. The Hall–Kier alpha value is -0.840. The van der Waals surface area contributed by atoms with E-state index in [0.717, 1.165) is 12.4 Å². The maximum atomic E-state index is 12.2. The van der Waals surface area contributed by atoms with E-state index in [1.165, 1.54) is 6.07 Å². The zero-order chi connectivity index (χ0) is 10.4. The van der Waals surface area contributed by atoms with Gasteiger partial charge in [0, 0.05) is 4.88 Å². The van der Waals surface area contributed by atoms with Gasteiger partial charge >= 0.3 is 6.18 Å². The van der Waals surface area contributed by atoms with Gasteiger partial charge in [0.05, 0.1) is 5.41 Å². The fourth-order valence-electron chi connectivity index (χ4n) is 1.31. The summed E-state index contributed by atoms with van der Waals surface area (Å²) in [6.45, 7) is 0. The van der Waals surface area contributed by atoms with Crippen molar-refractivity contribution >= 4 is 17.6 Å². The number of hydrogen-bond acceptors (Lipinski definition) is 2. The van der Waals surface area contributed by atoms with Gasteiger partial charge in [-0.2, -0.15) is 13.2 Å². The van der Waals surface area contributed by atoms with E-state index in [-0.39, 0.29) is 0 Å². The molecule has 5 heteroatoms. The molecule has 1 aliphatic carbocycles. The van der Waals surface area contributed by atoms with Crippen LogP contribution in [0.2, 0.25) is 0 Å². The molecule has 0 unspecified atom stereocenters. The van der Waals surface area contributed by atoms with Crippen molar-refractivity contribution in [3.05, 3.63) is 21.9 Å². The molecule has 76 valence electrons. The molecule has 0 atom stereocenters. The third kappa shape index (κ3) is 1.45. The molecule has 0 radical (unpaired) electrons. The van der Waals surface area contributed by atoms with Crippen LogP contribution in [0.25, 0.3) is 0 Å². The average Bonchev–Trinajstić information content (AvgIpc) is 2.73. The summed E-state index contributed by atoms with van der Waals surface area (Å²) in [5.74, 6) is 0. The van der Waals surface area contributed by atoms with E-state index in [2.05, 4.69) is 0 Å². The van der Waals surface area contributed by atoms with Crippen molar-refractivity contribution in [2.24, 2.45) is 0 Å². The van der Waals surface area contributed by atoms with Crippen molar-refractivity contribution in [1.82, 2.24) is 0 Å². The molecule has 0 amide bonds. The average molecular weight is 220 g/mol. The summed E-state index contributed by atoms with van der Waals surface area (Å²) in [7, 11) is 0. The molecular weight excluding hydrogens is 213 g/mol. The highest BCUT2D eigenvalue weighted by Crippen LogP contribution is 2.50. The second-order valence-electron chi connectivity index (χ2n) is 3.44. The Morgan fingerprint density at radius 2 is 2.00 bits per heavy atom. The third-order valence-corrected chi connectivity index (χ3v) is 3.74. The molecule has 1 aliphatic rings. The van der Waals surface area contributed by atoms with Gasteiger partial charge in [-0.25, -0.2) is 0 Å². The number of carbonyl (C=O) groups is 1. The molecule has 1 saturated carbocycles. The molecule has 0 aromatic carbocycles. The van der Waals surface area contributed by atoms with Gasteiger partial charge in [-0.05, 0) is 25.0 Å². The van der Waals surface area contributed by atoms with Crippen LogP contribution in [0.4, 0.5) is 13.2 Å². The van der Waals surface area contributed by atoms with Gasteiger partial charge in [0.25, 0.3) is 0 Å². The predicted octanol–water partition coefficient (Wildman–Crippen LogP) is 3.00. The Balaban J connectivity index is 2.31. The fraction of sp³-hybridized carbons (Fsp3) is 0.444. The number of thiophene rings is 1. The van der Waals surface area contributed by atoms with E-state index in [0.29, 0.717) is 29.1 Å². The topological polar surface area (TPSA) is 17.1 Å². The first-order valence-corrected chi connectivity index (χ1v) is 4.93. The van der Waals surface area contributed by atoms with Crippen LogP contribution in [0.15, 0.2) is 12.1 Å². The number of alkyl halides is 3. The second-order valence-corrected chi connectivity index (χ2v) is 4.52. The SMILES string of the molecule is O=CC1(c2ccc(C(F)(F)F)s2)CC1. The molecule has 1 fully saturated rings. The van der Waals surface area contributed by atoms with Crippen LogP contribution in [0.5, 0.6) is 0 Å². The van der Waals surface area contributed by atoms with Crippen molar-refractivity contribution in [3.63, 3.8) is 0 Å². The molecule has 0 saturated heterocycles. The summed E-state index contributed by atoms with van der Waals surface area (Å²) >= 11 is 0.678. The summed E-state index contributed by atoms with van der Waals surface area (Å²) in [6, 6.07) is 2.46. The minimum atomic E-state index is -4.29. The summed E-state index contributed by atoms with van der Waals surface area (Å²) in [5.41, 5.74) is -0.589. The van der Waals surface area contributed by atoms with E-state index in [1.807, 2.05) is 0 Å². The lowest BCUT2D eigenvalue weighted by Crippen LogP contribution is -2.05. The van der Waals surface area contributed by atoms with Crippen LogP contribution in [0.1, 0.15) is 22.6 Å². The zero-order valence-corrected chi connectivity index (χ0v) is 7.91. The van der Waals surface area contributed by atoms with Gasteiger partial charge in [-0.15, -0.1) is 11.3 Å². The zero-order valence-electron chi connectivity index (χ0n) is 7.10. The second kappa shape index (κ2) is 2.82. The number of hydrogen-bond donors (Lipinski definition) is 0. The summed E-state index contributed by atoms with van der Waals surface area (Å²) in [4.78, 5) is 10.6. The highest BCUT2D eigenvalue weighted by molar-refractivity contribution is 7.12. The molecule has 0 aliphatic heterocycles. The van der Waals surface area contributed by atoms with Crippen LogP contribution < -0.4 is 0 Å². The quantitative estimate of drug-likeness (QED) is 0.700. The predicted molar refractivity (Wildman–Crippen MR) is 46.3 cm³/mol. The standard InChI is InChI=1S/C9H7F3OS/c10-9(11,12)7-2-1-6(14-7)8(5-13)3-4-8/h1-2,5H,3-4H2.